The fourth-order valence-electron chi connectivity index (χ4n) is 3.16. The van der Waals surface area contributed by atoms with E-state index in [9.17, 15) is 8.78 Å². The predicted molar refractivity (Wildman–Crippen MR) is 107 cm³/mol. The van der Waals surface area contributed by atoms with Crippen molar-refractivity contribution in [1.82, 2.24) is 9.55 Å². The molecule has 2 nitrogen and oxygen atoms in total. The minimum Gasteiger partial charge on any atom is -0.323 e. The molecule has 0 atom stereocenters. The van der Waals surface area contributed by atoms with E-state index in [0.29, 0.717) is 12.4 Å². The van der Waals surface area contributed by atoms with Crippen molar-refractivity contribution in [3.05, 3.63) is 118 Å². The van der Waals surface area contributed by atoms with Gasteiger partial charge in [-0.05, 0) is 82.1 Å². The molecule has 1 heterocycles. The summed E-state index contributed by atoms with van der Waals surface area (Å²) < 4.78 is 30.3. The van der Waals surface area contributed by atoms with Crippen LogP contribution in [0.3, 0.4) is 0 Å². The van der Waals surface area contributed by atoms with E-state index in [1.165, 1.54) is 18.2 Å². The van der Waals surface area contributed by atoms with E-state index in [4.69, 9.17) is 0 Å². The van der Waals surface area contributed by atoms with E-state index in [2.05, 4.69) is 4.98 Å². The van der Waals surface area contributed by atoms with E-state index < -0.39 is 11.6 Å². The van der Waals surface area contributed by atoms with Crippen LogP contribution in [0, 0.1) is 75.3 Å². The molecule has 1 aromatic heterocycles. The van der Waals surface area contributed by atoms with Crippen molar-refractivity contribution in [2.45, 2.75) is 6.54 Å². The standard InChI is InChI=1S/C19H13F2N2.C5H5.Fe/c20-14-8-5-9-15(21)18(14)19-22-16-10-3-4-11-17(16)23(19)12-13-6-1-2-7-13;1-2-4-5-3-1;/h1-11H,12H2;1-5H;/q;;+2. The largest absolute Gasteiger partial charge is 2.00 e. The molecular formula is C24H18F2FeN2+2. The monoisotopic (exact) mass is 428 g/mol. The summed E-state index contributed by atoms with van der Waals surface area (Å²) in [6, 6.07) is 11.4. The molecule has 0 saturated heterocycles. The average molecular weight is 428 g/mol. The number of halogens is 2. The van der Waals surface area contributed by atoms with Gasteiger partial charge >= 0.3 is 17.1 Å². The van der Waals surface area contributed by atoms with Gasteiger partial charge in [0.1, 0.15) is 17.5 Å². The molecule has 144 valence electrons. The topological polar surface area (TPSA) is 17.8 Å². The van der Waals surface area contributed by atoms with Crippen LogP contribution >= 0.6 is 0 Å². The third kappa shape index (κ3) is 5.07. The molecule has 0 aliphatic heterocycles. The van der Waals surface area contributed by atoms with Gasteiger partial charge in [-0.2, -0.15) is 0 Å². The van der Waals surface area contributed by atoms with Crippen molar-refractivity contribution >= 4 is 11.0 Å². The molecule has 2 aliphatic carbocycles. The summed E-state index contributed by atoms with van der Waals surface area (Å²) in [6.45, 7) is 0.511. The van der Waals surface area contributed by atoms with Gasteiger partial charge < -0.3 is 4.57 Å². The molecule has 2 fully saturated rings. The van der Waals surface area contributed by atoms with Gasteiger partial charge in [0, 0.05) is 12.5 Å². The van der Waals surface area contributed by atoms with Gasteiger partial charge in [-0.1, -0.05) is 18.2 Å². The van der Waals surface area contributed by atoms with Gasteiger partial charge in [0.05, 0.1) is 16.6 Å². The Morgan fingerprint density at radius 2 is 1.31 bits per heavy atom. The number of hydrogen-bond acceptors (Lipinski definition) is 1. The summed E-state index contributed by atoms with van der Waals surface area (Å²) in [7, 11) is 0. The summed E-state index contributed by atoms with van der Waals surface area (Å²) >= 11 is 0. The van der Waals surface area contributed by atoms with Gasteiger partial charge in [0.25, 0.3) is 0 Å². The molecule has 5 heteroatoms. The van der Waals surface area contributed by atoms with Crippen LogP contribution in [0.4, 0.5) is 8.78 Å². The van der Waals surface area contributed by atoms with Crippen LogP contribution in [0.1, 0.15) is 0 Å². The Morgan fingerprint density at radius 3 is 1.93 bits per heavy atom. The Labute approximate surface area is 182 Å². The molecule has 2 aliphatic rings. The third-order valence-corrected chi connectivity index (χ3v) is 4.47. The van der Waals surface area contributed by atoms with Crippen LogP contribution in [0.25, 0.3) is 22.4 Å². The van der Waals surface area contributed by atoms with Crippen LogP contribution in [0.5, 0.6) is 0 Å². The second kappa shape index (κ2) is 10.4. The van der Waals surface area contributed by atoms with Crippen molar-refractivity contribution in [3.8, 4) is 11.4 Å². The fraction of sp³-hybridized carbons (Fsp3) is 0.0417. The van der Waals surface area contributed by atoms with E-state index in [0.717, 1.165) is 17.0 Å². The number of aromatic nitrogens is 2. The zero-order chi connectivity index (χ0) is 19.3. The maximum atomic E-state index is 14.2. The van der Waals surface area contributed by atoms with Gasteiger partial charge in [-0.15, -0.1) is 0 Å². The van der Waals surface area contributed by atoms with Gasteiger partial charge in [-0.3, -0.25) is 0 Å². The summed E-state index contributed by atoms with van der Waals surface area (Å²) in [4.78, 5) is 4.47. The van der Waals surface area contributed by atoms with Crippen molar-refractivity contribution in [1.29, 1.82) is 0 Å². The predicted octanol–water partition coefficient (Wildman–Crippen LogP) is 5.41. The quantitative estimate of drug-likeness (QED) is 0.511. The number of fused-ring (bicyclic) bond motifs is 1. The SMILES string of the molecule is Fc1cccc(F)c1-c1nc2ccccc2n1C[C]1[CH][CH][CH][CH]1.[CH]1[CH][CH][CH][CH]1.[Fe+2]. The molecule has 0 N–H and O–H groups in total. The van der Waals surface area contributed by atoms with E-state index in [1.807, 2.05) is 86.6 Å². The van der Waals surface area contributed by atoms with E-state index in [-0.39, 0.29) is 22.6 Å². The summed E-state index contributed by atoms with van der Waals surface area (Å²) in [6.07, 6.45) is 17.8. The normalized spacial score (nSPS) is 16.5. The van der Waals surface area contributed by atoms with Crippen LogP contribution in [-0.2, 0) is 23.6 Å². The van der Waals surface area contributed by atoms with Crippen molar-refractivity contribution in [2.75, 3.05) is 0 Å². The molecule has 0 bridgehead atoms. The molecule has 29 heavy (non-hydrogen) atoms. The first-order valence-electron chi connectivity index (χ1n) is 9.01. The van der Waals surface area contributed by atoms with Crippen LogP contribution < -0.4 is 0 Å². The third-order valence-electron chi connectivity index (χ3n) is 4.47. The number of hydrogen-bond donors (Lipinski definition) is 0. The van der Waals surface area contributed by atoms with Gasteiger partial charge in [0.2, 0.25) is 0 Å². The number of rotatable bonds is 3. The maximum absolute atomic E-state index is 14.2. The molecule has 10 radical (unpaired) electrons. The van der Waals surface area contributed by atoms with Crippen molar-refractivity contribution in [3.63, 3.8) is 0 Å². The Hall–Kier alpha value is -1.71. The van der Waals surface area contributed by atoms with E-state index >= 15 is 0 Å². The summed E-state index contributed by atoms with van der Waals surface area (Å²) in [5, 5.41) is 0. The number of nitrogens with zero attached hydrogens (tertiary/aromatic N) is 2. The summed E-state index contributed by atoms with van der Waals surface area (Å²) in [5.41, 5.74) is 1.48. The van der Waals surface area contributed by atoms with Crippen LogP contribution in [0.15, 0.2) is 42.5 Å². The zero-order valence-corrected chi connectivity index (χ0v) is 16.6. The van der Waals surface area contributed by atoms with Gasteiger partial charge in [-0.25, -0.2) is 13.8 Å². The number of para-hydroxylation sites is 2. The maximum Gasteiger partial charge on any atom is 2.00 e. The zero-order valence-electron chi connectivity index (χ0n) is 15.4. The van der Waals surface area contributed by atoms with Crippen molar-refractivity contribution < 1.29 is 25.8 Å². The minimum atomic E-state index is -0.607. The Bertz CT molecular complexity index is 900. The molecule has 0 unspecified atom stereocenters. The van der Waals surface area contributed by atoms with Crippen LogP contribution in [0.2, 0.25) is 0 Å². The number of benzene rings is 2. The molecule has 0 spiro atoms. The van der Waals surface area contributed by atoms with Gasteiger partial charge in [0.15, 0.2) is 0 Å². The first-order chi connectivity index (χ1) is 13.7. The van der Waals surface area contributed by atoms with Crippen molar-refractivity contribution in [2.24, 2.45) is 0 Å². The Balaban J connectivity index is 0.000000352. The minimum absolute atomic E-state index is 0. The molecular weight excluding hydrogens is 410 g/mol. The average Bonchev–Trinajstić information content (AvgIpc) is 3.46. The second-order valence-electron chi connectivity index (χ2n) is 6.36. The summed E-state index contributed by atoms with van der Waals surface area (Å²) in [5.74, 6) is 0.155. The Morgan fingerprint density at radius 1 is 0.724 bits per heavy atom. The second-order valence-corrected chi connectivity index (χ2v) is 6.36. The smallest absolute Gasteiger partial charge is 0.323 e. The van der Waals surface area contributed by atoms with E-state index in [1.54, 1.807) is 0 Å². The molecule has 5 rings (SSSR count). The molecule has 2 saturated carbocycles. The number of imidazole rings is 1. The molecule has 3 aromatic rings. The first-order valence-corrected chi connectivity index (χ1v) is 9.01. The fourth-order valence-corrected chi connectivity index (χ4v) is 3.16. The first kappa shape index (κ1) is 22.0. The van der Waals surface area contributed by atoms with Crippen LogP contribution in [-0.4, -0.2) is 9.55 Å². The molecule has 2 aromatic carbocycles. The molecule has 0 amide bonds. The Kier molecular flexibility index (Phi) is 7.85.